The van der Waals surface area contributed by atoms with Crippen LogP contribution in [0.3, 0.4) is 0 Å². The molecule has 0 atom stereocenters. The second-order valence-electron chi connectivity index (χ2n) is 6.14. The Bertz CT molecular complexity index is 743. The molecule has 0 aliphatic carbocycles. The van der Waals surface area contributed by atoms with Crippen molar-refractivity contribution in [2.75, 3.05) is 13.1 Å². The number of likely N-dealkylation sites (tertiary alicyclic amines) is 1. The highest BCUT2D eigenvalue weighted by Gasteiger charge is 2.24. The minimum Gasteiger partial charge on any atom is -0.353 e. The molecule has 1 aliphatic rings. The minimum absolute atomic E-state index is 0.00564. The zero-order valence-electron chi connectivity index (χ0n) is 13.8. The lowest BCUT2D eigenvalue weighted by atomic mass is 10.0. The van der Waals surface area contributed by atoms with E-state index in [4.69, 9.17) is 0 Å². The molecule has 1 aromatic heterocycles. The molecule has 5 nitrogen and oxygen atoms in total. The van der Waals surface area contributed by atoms with E-state index in [0.717, 1.165) is 22.9 Å². The van der Waals surface area contributed by atoms with Crippen molar-refractivity contribution >= 4 is 27.7 Å². The molecule has 0 bridgehead atoms. The molecule has 0 radical (unpaired) electrons. The Morgan fingerprint density at radius 3 is 2.60 bits per heavy atom. The fraction of sp³-hybridized carbons (Fsp3) is 0.316. The maximum atomic E-state index is 12.4. The summed E-state index contributed by atoms with van der Waals surface area (Å²) in [5.41, 5.74) is 1.59. The standard InChI is InChI=1S/C19H20BrN3O2/c20-17-6-2-1-4-14(17)12-18(24)22-16-7-10-23(11-8-16)19(25)15-5-3-9-21-13-15/h1-6,9,13,16H,7-8,10-12H2,(H,22,24). The normalized spacial score (nSPS) is 15.0. The van der Waals surface area contributed by atoms with E-state index in [0.29, 0.717) is 25.1 Å². The van der Waals surface area contributed by atoms with Gasteiger partial charge in [0.25, 0.3) is 5.91 Å². The molecular formula is C19H20BrN3O2. The zero-order chi connectivity index (χ0) is 17.6. The van der Waals surface area contributed by atoms with Gasteiger partial charge < -0.3 is 10.2 Å². The summed E-state index contributed by atoms with van der Waals surface area (Å²) in [6.45, 7) is 1.29. The van der Waals surface area contributed by atoms with Crippen LogP contribution in [0.5, 0.6) is 0 Å². The van der Waals surface area contributed by atoms with Crippen LogP contribution in [0.25, 0.3) is 0 Å². The summed E-state index contributed by atoms with van der Waals surface area (Å²) in [4.78, 5) is 30.5. The Kier molecular flexibility index (Phi) is 5.81. The number of amides is 2. The molecule has 1 fully saturated rings. The Morgan fingerprint density at radius 2 is 1.92 bits per heavy atom. The van der Waals surface area contributed by atoms with E-state index in [1.165, 1.54) is 0 Å². The highest BCUT2D eigenvalue weighted by atomic mass is 79.9. The van der Waals surface area contributed by atoms with Crippen LogP contribution in [0.2, 0.25) is 0 Å². The van der Waals surface area contributed by atoms with E-state index in [1.54, 1.807) is 24.5 Å². The molecule has 1 saturated heterocycles. The van der Waals surface area contributed by atoms with Crippen molar-refractivity contribution in [1.82, 2.24) is 15.2 Å². The number of piperidine rings is 1. The predicted molar refractivity (Wildman–Crippen MR) is 99.2 cm³/mol. The van der Waals surface area contributed by atoms with Crippen LogP contribution in [-0.2, 0) is 11.2 Å². The summed E-state index contributed by atoms with van der Waals surface area (Å²) in [7, 11) is 0. The molecule has 1 aromatic carbocycles. The van der Waals surface area contributed by atoms with Gasteiger partial charge in [0.05, 0.1) is 12.0 Å². The van der Waals surface area contributed by atoms with E-state index in [1.807, 2.05) is 29.2 Å². The molecule has 3 rings (SSSR count). The van der Waals surface area contributed by atoms with Gasteiger partial charge in [-0.1, -0.05) is 34.1 Å². The van der Waals surface area contributed by atoms with Crippen LogP contribution in [-0.4, -0.2) is 40.8 Å². The maximum absolute atomic E-state index is 12.4. The molecular weight excluding hydrogens is 382 g/mol. The molecule has 0 saturated carbocycles. The van der Waals surface area contributed by atoms with Crippen LogP contribution >= 0.6 is 15.9 Å². The summed E-state index contributed by atoms with van der Waals surface area (Å²) in [5.74, 6) is 0.0232. The third kappa shape index (κ3) is 4.66. The first-order chi connectivity index (χ1) is 12.1. The van der Waals surface area contributed by atoms with Crippen molar-refractivity contribution in [3.05, 3.63) is 64.4 Å². The van der Waals surface area contributed by atoms with Gasteiger partial charge in [-0.25, -0.2) is 0 Å². The molecule has 130 valence electrons. The summed E-state index contributed by atoms with van der Waals surface area (Å²) in [6, 6.07) is 11.4. The number of aromatic nitrogens is 1. The van der Waals surface area contributed by atoms with Crippen molar-refractivity contribution in [2.24, 2.45) is 0 Å². The van der Waals surface area contributed by atoms with Crippen LogP contribution < -0.4 is 5.32 Å². The molecule has 1 aliphatic heterocycles. The van der Waals surface area contributed by atoms with Gasteiger partial charge in [0.15, 0.2) is 0 Å². The number of nitrogens with one attached hydrogen (secondary N) is 1. The first kappa shape index (κ1) is 17.6. The molecule has 2 amide bonds. The van der Waals surface area contributed by atoms with E-state index in [9.17, 15) is 9.59 Å². The van der Waals surface area contributed by atoms with E-state index in [2.05, 4.69) is 26.2 Å². The maximum Gasteiger partial charge on any atom is 0.255 e. The van der Waals surface area contributed by atoms with Gasteiger partial charge in [0.2, 0.25) is 5.91 Å². The summed E-state index contributed by atoms with van der Waals surface area (Å²) in [5, 5.41) is 3.08. The van der Waals surface area contributed by atoms with Crippen molar-refractivity contribution in [1.29, 1.82) is 0 Å². The Morgan fingerprint density at radius 1 is 1.16 bits per heavy atom. The number of pyridine rings is 1. The second kappa shape index (κ2) is 8.25. The lowest BCUT2D eigenvalue weighted by Gasteiger charge is -2.32. The van der Waals surface area contributed by atoms with Crippen LogP contribution in [0.1, 0.15) is 28.8 Å². The van der Waals surface area contributed by atoms with Gasteiger partial charge in [0, 0.05) is 36.0 Å². The van der Waals surface area contributed by atoms with Gasteiger partial charge >= 0.3 is 0 Å². The van der Waals surface area contributed by atoms with Crippen molar-refractivity contribution in [2.45, 2.75) is 25.3 Å². The van der Waals surface area contributed by atoms with E-state index >= 15 is 0 Å². The third-order valence-electron chi connectivity index (χ3n) is 4.36. The molecule has 6 heteroatoms. The zero-order valence-corrected chi connectivity index (χ0v) is 15.4. The monoisotopic (exact) mass is 401 g/mol. The highest BCUT2D eigenvalue weighted by Crippen LogP contribution is 2.17. The average molecular weight is 402 g/mol. The Labute approximate surface area is 155 Å². The van der Waals surface area contributed by atoms with Crippen molar-refractivity contribution < 1.29 is 9.59 Å². The summed E-state index contributed by atoms with van der Waals surface area (Å²) in [6.07, 6.45) is 5.15. The fourth-order valence-corrected chi connectivity index (χ4v) is 3.42. The van der Waals surface area contributed by atoms with Crippen LogP contribution in [0.4, 0.5) is 0 Å². The largest absolute Gasteiger partial charge is 0.353 e. The number of halogens is 1. The molecule has 2 heterocycles. The summed E-state index contributed by atoms with van der Waals surface area (Å²) >= 11 is 3.47. The number of carbonyl (C=O) groups excluding carboxylic acids is 2. The Balaban J connectivity index is 1.48. The molecule has 25 heavy (non-hydrogen) atoms. The number of rotatable bonds is 4. The van der Waals surface area contributed by atoms with E-state index in [-0.39, 0.29) is 17.9 Å². The van der Waals surface area contributed by atoms with E-state index < -0.39 is 0 Å². The quantitative estimate of drug-likeness (QED) is 0.856. The lowest BCUT2D eigenvalue weighted by Crippen LogP contribution is -2.46. The number of hydrogen-bond donors (Lipinski definition) is 1. The highest BCUT2D eigenvalue weighted by molar-refractivity contribution is 9.10. The predicted octanol–water partition coefficient (Wildman–Crippen LogP) is 2.81. The van der Waals surface area contributed by atoms with Crippen molar-refractivity contribution in [3.63, 3.8) is 0 Å². The first-order valence-electron chi connectivity index (χ1n) is 8.35. The second-order valence-corrected chi connectivity index (χ2v) is 7.00. The smallest absolute Gasteiger partial charge is 0.255 e. The topological polar surface area (TPSA) is 62.3 Å². The number of carbonyl (C=O) groups is 2. The van der Waals surface area contributed by atoms with Crippen LogP contribution in [0, 0.1) is 0 Å². The third-order valence-corrected chi connectivity index (χ3v) is 5.14. The van der Waals surface area contributed by atoms with Gasteiger partial charge in [-0.05, 0) is 36.6 Å². The van der Waals surface area contributed by atoms with Gasteiger partial charge in [-0.3, -0.25) is 14.6 Å². The number of benzene rings is 1. The fourth-order valence-electron chi connectivity index (χ4n) is 2.99. The lowest BCUT2D eigenvalue weighted by molar-refractivity contribution is -0.121. The first-order valence-corrected chi connectivity index (χ1v) is 9.15. The molecule has 0 unspecified atom stereocenters. The van der Waals surface area contributed by atoms with Crippen LogP contribution in [0.15, 0.2) is 53.3 Å². The number of nitrogens with zero attached hydrogens (tertiary/aromatic N) is 2. The van der Waals surface area contributed by atoms with Gasteiger partial charge in [0.1, 0.15) is 0 Å². The molecule has 1 N–H and O–H groups in total. The molecule has 2 aromatic rings. The van der Waals surface area contributed by atoms with Gasteiger partial charge in [-0.15, -0.1) is 0 Å². The Hall–Kier alpha value is -2.21. The number of hydrogen-bond acceptors (Lipinski definition) is 3. The SMILES string of the molecule is O=C(Cc1ccccc1Br)NC1CCN(C(=O)c2cccnc2)CC1. The average Bonchev–Trinajstić information content (AvgIpc) is 2.64. The minimum atomic E-state index is 0.00564. The molecule has 0 spiro atoms. The summed E-state index contributed by atoms with van der Waals surface area (Å²) < 4.78 is 0.946. The van der Waals surface area contributed by atoms with Crippen molar-refractivity contribution in [3.8, 4) is 0 Å². The van der Waals surface area contributed by atoms with Gasteiger partial charge in [-0.2, -0.15) is 0 Å².